The fraction of sp³-hybridized carbons (Fsp3) is 0.296. The van der Waals surface area contributed by atoms with E-state index in [2.05, 4.69) is 13.8 Å². The van der Waals surface area contributed by atoms with Crippen LogP contribution in [0.3, 0.4) is 0 Å². The van der Waals surface area contributed by atoms with Gasteiger partial charge < -0.3 is 0 Å². The van der Waals surface area contributed by atoms with E-state index < -0.39 is 19.8 Å². The number of hydrogen-bond acceptors (Lipinski definition) is 4. The van der Waals surface area contributed by atoms with Gasteiger partial charge in [-0.2, -0.15) is 0 Å². The molecule has 2 atom stereocenters. The number of carbonyl (C=O) groups is 1. The zero-order valence-electron chi connectivity index (χ0n) is 19.0. The molecule has 0 aromatic heterocycles. The van der Waals surface area contributed by atoms with Crippen LogP contribution < -0.4 is 10.6 Å². The second-order valence-corrected chi connectivity index (χ2v) is 11.4. The summed E-state index contributed by atoms with van der Waals surface area (Å²) < 4.78 is 13.0. The second-order valence-electron chi connectivity index (χ2n) is 8.55. The van der Waals surface area contributed by atoms with Crippen LogP contribution in [0, 0.1) is 5.92 Å². The second kappa shape index (κ2) is 11.4. The van der Waals surface area contributed by atoms with Crippen molar-refractivity contribution < 1.29 is 18.9 Å². The summed E-state index contributed by atoms with van der Waals surface area (Å²) in [5, 5.41) is 12.2. The van der Waals surface area contributed by atoms with Crippen molar-refractivity contribution in [3.63, 3.8) is 0 Å². The summed E-state index contributed by atoms with van der Waals surface area (Å²) in [4.78, 5) is 13.2. The Balaban J connectivity index is 2.02. The van der Waals surface area contributed by atoms with Gasteiger partial charge in [-0.15, -0.1) is 0 Å². The third-order valence-corrected chi connectivity index (χ3v) is 8.66. The van der Waals surface area contributed by atoms with Gasteiger partial charge in [-0.1, -0.05) is 0 Å². The van der Waals surface area contributed by atoms with Crippen LogP contribution in [0.1, 0.15) is 44.0 Å². The van der Waals surface area contributed by atoms with Crippen molar-refractivity contribution in [3.05, 3.63) is 96.6 Å². The van der Waals surface area contributed by atoms with Gasteiger partial charge >= 0.3 is 192 Å². The van der Waals surface area contributed by atoms with E-state index >= 15 is 0 Å². The molecule has 3 rings (SSSR count). The van der Waals surface area contributed by atoms with Crippen molar-refractivity contribution in [2.75, 3.05) is 0 Å². The van der Waals surface area contributed by atoms with Crippen molar-refractivity contribution in [2.45, 2.75) is 45.8 Å². The van der Waals surface area contributed by atoms with E-state index in [1.54, 1.807) is 12.1 Å². The van der Waals surface area contributed by atoms with Crippen molar-refractivity contribution in [2.24, 2.45) is 5.92 Å². The van der Waals surface area contributed by atoms with Crippen LogP contribution in [-0.2, 0) is 9.05 Å². The number of aliphatic hydroxyl groups excluding tert-OH is 1. The first kappa shape index (κ1) is 24.1. The van der Waals surface area contributed by atoms with Gasteiger partial charge in [-0.3, -0.25) is 0 Å². The third kappa shape index (κ3) is 6.26. The molecule has 0 amide bonds. The van der Waals surface area contributed by atoms with Crippen LogP contribution in [0.15, 0.2) is 91.0 Å². The van der Waals surface area contributed by atoms with Gasteiger partial charge in [0.05, 0.1) is 0 Å². The van der Waals surface area contributed by atoms with Gasteiger partial charge in [0.15, 0.2) is 0 Å². The van der Waals surface area contributed by atoms with Crippen molar-refractivity contribution in [1.82, 2.24) is 0 Å². The predicted molar refractivity (Wildman–Crippen MR) is 133 cm³/mol. The average Bonchev–Trinajstić information content (AvgIpc) is 2.79. The molecule has 4 nitrogen and oxygen atoms in total. The maximum atomic E-state index is 13.2. The molecule has 170 valence electrons. The van der Waals surface area contributed by atoms with Crippen LogP contribution in [0.4, 0.5) is 0 Å². The molecule has 0 aliphatic carbocycles. The molecule has 0 aliphatic rings. The summed E-state index contributed by atoms with van der Waals surface area (Å²) in [5.41, 5.74) is 0.479. The average molecular weight is 453 g/mol. The molecule has 2 unspecified atom stereocenters. The number of carbonyl (C=O) groups excluding carboxylic acids is 1. The quantitative estimate of drug-likeness (QED) is 0.426. The predicted octanol–water partition coefficient (Wildman–Crippen LogP) is 5.28. The first-order valence-electron chi connectivity index (χ1n) is 11.2. The molecular formula is C27H33O4P. The van der Waals surface area contributed by atoms with E-state index in [0.717, 1.165) is 10.6 Å². The molecule has 1 N–H and O–H groups in total. The minimum absolute atomic E-state index is 0.306. The fourth-order valence-corrected chi connectivity index (χ4v) is 7.07. The van der Waals surface area contributed by atoms with E-state index in [4.69, 9.17) is 9.05 Å². The number of rotatable bonds is 10. The Morgan fingerprint density at radius 2 is 1.25 bits per heavy atom. The summed E-state index contributed by atoms with van der Waals surface area (Å²) in [6.45, 7) is 6.11. The molecule has 0 saturated carbocycles. The fourth-order valence-electron chi connectivity index (χ4n) is 3.88. The van der Waals surface area contributed by atoms with Crippen molar-refractivity contribution in [1.29, 1.82) is 0 Å². The summed E-state index contributed by atoms with van der Waals surface area (Å²) >= 11 is 0. The SMILES string of the molecule is CC(C)CC(O)CC(C)O[PH](OC(=O)c1ccccc1)(c1ccccc1)c1ccccc1. The summed E-state index contributed by atoms with van der Waals surface area (Å²) in [7, 11) is -3.42. The monoisotopic (exact) mass is 452 g/mol. The molecule has 32 heavy (non-hydrogen) atoms. The number of aliphatic hydroxyl groups is 1. The third-order valence-electron chi connectivity index (χ3n) is 5.27. The van der Waals surface area contributed by atoms with E-state index in [1.807, 2.05) is 85.8 Å². The molecular weight excluding hydrogens is 419 g/mol. The van der Waals surface area contributed by atoms with E-state index in [9.17, 15) is 9.90 Å². The van der Waals surface area contributed by atoms with Crippen LogP contribution in [-0.4, -0.2) is 23.3 Å². The first-order chi connectivity index (χ1) is 15.4. The molecule has 0 fully saturated rings. The molecule has 5 heteroatoms. The molecule has 0 spiro atoms. The Bertz CT molecular complexity index is 921. The molecule has 0 bridgehead atoms. The standard InChI is InChI=1S/C27H33O4P/c1-21(2)19-24(28)20-22(3)30-32(25-15-9-5-10-16-25,26-17-11-6-12-18-26)31-27(29)23-13-7-4-8-14-23/h4-18,21-22,24,28,32H,19-20H2,1-3H3. The summed E-state index contributed by atoms with van der Waals surface area (Å²) in [6.07, 6.45) is 0.380. The first-order valence-corrected chi connectivity index (χ1v) is 13.0. The number of benzene rings is 3. The summed E-state index contributed by atoms with van der Waals surface area (Å²) in [6, 6.07) is 28.4. The molecule has 0 radical (unpaired) electrons. The zero-order valence-corrected chi connectivity index (χ0v) is 20.0. The minimum atomic E-state index is -3.42. The Morgan fingerprint density at radius 1 is 0.781 bits per heavy atom. The molecule has 0 aliphatic heterocycles. The van der Waals surface area contributed by atoms with Gasteiger partial charge in [0.25, 0.3) is 0 Å². The molecule has 0 heterocycles. The molecule has 3 aromatic rings. The Morgan fingerprint density at radius 3 is 1.72 bits per heavy atom. The van der Waals surface area contributed by atoms with Crippen molar-refractivity contribution >= 4 is 24.3 Å². The van der Waals surface area contributed by atoms with Gasteiger partial charge in [-0.25, -0.2) is 0 Å². The molecule has 0 saturated heterocycles. The molecule has 3 aromatic carbocycles. The normalized spacial score (nSPS) is 14.0. The van der Waals surface area contributed by atoms with Crippen LogP contribution >= 0.6 is 7.72 Å². The summed E-state index contributed by atoms with van der Waals surface area (Å²) in [5.74, 6) is -0.0294. The van der Waals surface area contributed by atoms with Crippen LogP contribution in [0.5, 0.6) is 0 Å². The van der Waals surface area contributed by atoms with Gasteiger partial charge in [-0.05, 0) is 0 Å². The van der Waals surface area contributed by atoms with Crippen LogP contribution in [0.25, 0.3) is 0 Å². The van der Waals surface area contributed by atoms with Gasteiger partial charge in [0, 0.05) is 0 Å². The Labute approximate surface area is 191 Å². The van der Waals surface area contributed by atoms with Gasteiger partial charge in [0.2, 0.25) is 0 Å². The Hall–Kier alpha value is -2.52. The zero-order chi connectivity index (χ0) is 23.0. The Kier molecular flexibility index (Phi) is 8.58. The van der Waals surface area contributed by atoms with Gasteiger partial charge in [0.1, 0.15) is 0 Å². The number of hydrogen-bond donors (Lipinski definition) is 1. The van der Waals surface area contributed by atoms with E-state index in [0.29, 0.717) is 24.3 Å². The maximum absolute atomic E-state index is 13.2. The van der Waals surface area contributed by atoms with Crippen molar-refractivity contribution in [3.8, 4) is 0 Å². The van der Waals surface area contributed by atoms with E-state index in [-0.39, 0.29) is 6.10 Å². The van der Waals surface area contributed by atoms with E-state index in [1.165, 1.54) is 0 Å². The van der Waals surface area contributed by atoms with Crippen LogP contribution in [0.2, 0.25) is 0 Å². The topological polar surface area (TPSA) is 55.8 Å².